The molecule has 0 radical (unpaired) electrons. The van der Waals surface area contributed by atoms with Crippen LogP contribution in [0.4, 0.5) is 5.69 Å². The molecule has 0 aliphatic carbocycles. The quantitative estimate of drug-likeness (QED) is 0.726. The first-order valence-corrected chi connectivity index (χ1v) is 8.26. The van der Waals surface area contributed by atoms with Crippen molar-refractivity contribution in [3.8, 4) is 0 Å². The molecule has 3 N–H and O–H groups in total. The molecule has 0 aliphatic rings. The van der Waals surface area contributed by atoms with E-state index < -0.39 is 6.10 Å². The minimum atomic E-state index is -0.855. The molecule has 1 heterocycles. The number of benzene rings is 1. The van der Waals surface area contributed by atoms with Crippen LogP contribution in [0.5, 0.6) is 0 Å². The van der Waals surface area contributed by atoms with Crippen molar-refractivity contribution in [1.29, 1.82) is 0 Å². The molecule has 0 spiro atoms. The van der Waals surface area contributed by atoms with Crippen LogP contribution in [0.1, 0.15) is 48.6 Å². The number of carbonyl (C=O) groups excluding carboxylic acids is 1. The average Bonchev–Trinajstić information content (AvgIpc) is 3.08. The summed E-state index contributed by atoms with van der Waals surface area (Å²) in [5, 5.41) is 16.2. The Labute approximate surface area is 143 Å². The molecule has 1 aromatic heterocycles. The van der Waals surface area contributed by atoms with Crippen LogP contribution in [0.3, 0.4) is 0 Å². The second-order valence-electron chi connectivity index (χ2n) is 6.40. The predicted octanol–water partition coefficient (Wildman–Crippen LogP) is 3.51. The molecule has 5 heteroatoms. The smallest absolute Gasteiger partial charge is 0.251 e. The molecule has 0 aliphatic heterocycles. The van der Waals surface area contributed by atoms with Gasteiger partial charge in [-0.25, -0.2) is 0 Å². The zero-order chi connectivity index (χ0) is 17.7. The molecule has 5 nitrogen and oxygen atoms in total. The maximum atomic E-state index is 12.4. The third-order valence-corrected chi connectivity index (χ3v) is 4.29. The van der Waals surface area contributed by atoms with Crippen LogP contribution in [-0.4, -0.2) is 23.6 Å². The fourth-order valence-electron chi connectivity index (χ4n) is 2.32. The van der Waals surface area contributed by atoms with E-state index in [1.807, 2.05) is 19.1 Å². The van der Waals surface area contributed by atoms with Crippen molar-refractivity contribution < 1.29 is 14.3 Å². The van der Waals surface area contributed by atoms with Crippen LogP contribution in [0.25, 0.3) is 0 Å². The van der Waals surface area contributed by atoms with E-state index in [1.54, 1.807) is 18.2 Å². The number of hydrogen-bond donors (Lipinski definition) is 3. The standard InChI is InChI=1S/C19H26N2O3/c1-12(2)14(4)21-16-8-5-7-15(13(16)3)19(23)20-11-17(22)18-9-6-10-24-18/h5-10,12,14,17,21-22H,11H2,1-4H3,(H,20,23). The van der Waals surface area contributed by atoms with Gasteiger partial charge in [-0.2, -0.15) is 0 Å². The third kappa shape index (κ3) is 4.38. The molecule has 24 heavy (non-hydrogen) atoms. The topological polar surface area (TPSA) is 74.5 Å². The maximum Gasteiger partial charge on any atom is 0.251 e. The molecule has 2 rings (SSSR count). The highest BCUT2D eigenvalue weighted by Gasteiger charge is 2.16. The summed E-state index contributed by atoms with van der Waals surface area (Å²) in [6, 6.07) is 9.32. The monoisotopic (exact) mass is 330 g/mol. The van der Waals surface area contributed by atoms with Crippen molar-refractivity contribution in [2.75, 3.05) is 11.9 Å². The largest absolute Gasteiger partial charge is 0.467 e. The summed E-state index contributed by atoms with van der Waals surface area (Å²) in [5.41, 5.74) is 2.45. The highest BCUT2D eigenvalue weighted by Crippen LogP contribution is 2.21. The van der Waals surface area contributed by atoms with Gasteiger partial charge in [0.1, 0.15) is 11.9 Å². The van der Waals surface area contributed by atoms with E-state index in [1.165, 1.54) is 6.26 Å². The van der Waals surface area contributed by atoms with Gasteiger partial charge in [0.25, 0.3) is 5.91 Å². The lowest BCUT2D eigenvalue weighted by atomic mass is 10.0. The van der Waals surface area contributed by atoms with Crippen molar-refractivity contribution in [2.45, 2.75) is 39.8 Å². The number of aliphatic hydroxyl groups excluding tert-OH is 1. The van der Waals surface area contributed by atoms with Crippen molar-refractivity contribution in [3.05, 3.63) is 53.5 Å². The van der Waals surface area contributed by atoms with E-state index in [9.17, 15) is 9.90 Å². The van der Waals surface area contributed by atoms with E-state index >= 15 is 0 Å². The number of furan rings is 1. The lowest BCUT2D eigenvalue weighted by Gasteiger charge is -2.21. The number of aliphatic hydroxyl groups is 1. The number of anilines is 1. The highest BCUT2D eigenvalue weighted by atomic mass is 16.4. The molecule has 0 saturated carbocycles. The van der Waals surface area contributed by atoms with Crippen LogP contribution in [0, 0.1) is 12.8 Å². The molecule has 2 aromatic rings. The number of carbonyl (C=O) groups is 1. The Kier molecular flexibility index (Phi) is 6.04. The summed E-state index contributed by atoms with van der Waals surface area (Å²) in [7, 11) is 0. The Hall–Kier alpha value is -2.27. The summed E-state index contributed by atoms with van der Waals surface area (Å²) in [4.78, 5) is 12.4. The van der Waals surface area contributed by atoms with Gasteiger partial charge in [0, 0.05) is 17.3 Å². The van der Waals surface area contributed by atoms with Crippen molar-refractivity contribution >= 4 is 11.6 Å². The number of nitrogens with one attached hydrogen (secondary N) is 2. The summed E-state index contributed by atoms with van der Waals surface area (Å²) in [6.45, 7) is 8.45. The molecule has 1 aromatic carbocycles. The molecule has 0 fully saturated rings. The maximum absolute atomic E-state index is 12.4. The molecule has 1 amide bonds. The molecular weight excluding hydrogens is 304 g/mol. The second kappa shape index (κ2) is 8.02. The Morgan fingerprint density at radius 3 is 2.58 bits per heavy atom. The molecular formula is C19H26N2O3. The van der Waals surface area contributed by atoms with E-state index in [0.717, 1.165) is 11.3 Å². The first-order valence-electron chi connectivity index (χ1n) is 8.26. The van der Waals surface area contributed by atoms with Gasteiger partial charge in [-0.15, -0.1) is 0 Å². The SMILES string of the molecule is Cc1c(NC(C)C(C)C)cccc1C(=O)NCC(O)c1ccco1. The average molecular weight is 330 g/mol. The molecule has 0 bridgehead atoms. The number of rotatable bonds is 7. The van der Waals surface area contributed by atoms with E-state index in [4.69, 9.17) is 4.42 Å². The predicted molar refractivity (Wildman–Crippen MR) is 95.1 cm³/mol. The van der Waals surface area contributed by atoms with Gasteiger partial charge in [-0.3, -0.25) is 4.79 Å². The molecule has 0 saturated heterocycles. The molecule has 2 atom stereocenters. The summed E-state index contributed by atoms with van der Waals surface area (Å²) in [5.74, 6) is 0.720. The van der Waals surface area contributed by atoms with Crippen LogP contribution in [0.2, 0.25) is 0 Å². The first kappa shape index (κ1) is 18.1. The number of amides is 1. The van der Waals surface area contributed by atoms with Crippen LogP contribution < -0.4 is 10.6 Å². The van der Waals surface area contributed by atoms with E-state index in [2.05, 4.69) is 31.4 Å². The van der Waals surface area contributed by atoms with Crippen LogP contribution >= 0.6 is 0 Å². The summed E-state index contributed by atoms with van der Waals surface area (Å²) < 4.78 is 5.13. The Morgan fingerprint density at radius 1 is 1.21 bits per heavy atom. The minimum absolute atomic E-state index is 0.103. The van der Waals surface area contributed by atoms with Crippen molar-refractivity contribution in [2.24, 2.45) is 5.92 Å². The summed E-state index contributed by atoms with van der Waals surface area (Å²) in [6.07, 6.45) is 0.641. The summed E-state index contributed by atoms with van der Waals surface area (Å²) >= 11 is 0. The van der Waals surface area contributed by atoms with Crippen LogP contribution in [0.15, 0.2) is 41.0 Å². The Bertz CT molecular complexity index is 665. The van der Waals surface area contributed by atoms with Crippen molar-refractivity contribution in [3.63, 3.8) is 0 Å². The van der Waals surface area contributed by atoms with Gasteiger partial charge in [0.05, 0.1) is 12.8 Å². The fraction of sp³-hybridized carbons (Fsp3) is 0.421. The highest BCUT2D eigenvalue weighted by molar-refractivity contribution is 5.97. The van der Waals surface area contributed by atoms with Gasteiger partial charge in [-0.1, -0.05) is 19.9 Å². The van der Waals surface area contributed by atoms with E-state index in [-0.39, 0.29) is 12.5 Å². The van der Waals surface area contributed by atoms with Gasteiger partial charge >= 0.3 is 0 Å². The lowest BCUT2D eigenvalue weighted by Crippen LogP contribution is -2.29. The van der Waals surface area contributed by atoms with Gasteiger partial charge in [0.2, 0.25) is 0 Å². The zero-order valence-electron chi connectivity index (χ0n) is 14.7. The van der Waals surface area contributed by atoms with Crippen LogP contribution in [-0.2, 0) is 0 Å². The van der Waals surface area contributed by atoms with Gasteiger partial charge in [0.15, 0.2) is 0 Å². The minimum Gasteiger partial charge on any atom is -0.467 e. The Morgan fingerprint density at radius 2 is 1.96 bits per heavy atom. The van der Waals surface area contributed by atoms with Gasteiger partial charge < -0.3 is 20.2 Å². The number of hydrogen-bond acceptors (Lipinski definition) is 4. The zero-order valence-corrected chi connectivity index (χ0v) is 14.7. The lowest BCUT2D eigenvalue weighted by molar-refractivity contribution is 0.0900. The normalized spacial score (nSPS) is 13.6. The fourth-order valence-corrected chi connectivity index (χ4v) is 2.32. The second-order valence-corrected chi connectivity index (χ2v) is 6.40. The third-order valence-electron chi connectivity index (χ3n) is 4.29. The molecule has 2 unspecified atom stereocenters. The Balaban J connectivity index is 2.04. The molecule has 130 valence electrons. The van der Waals surface area contributed by atoms with Gasteiger partial charge in [-0.05, 0) is 49.6 Å². The van der Waals surface area contributed by atoms with Crippen molar-refractivity contribution in [1.82, 2.24) is 5.32 Å². The first-order chi connectivity index (χ1) is 11.4. The van der Waals surface area contributed by atoms with E-state index in [0.29, 0.717) is 23.3 Å².